The predicted molar refractivity (Wildman–Crippen MR) is 128 cm³/mol. The first kappa shape index (κ1) is 19.8. The van der Waals surface area contributed by atoms with Crippen molar-refractivity contribution in [2.45, 2.75) is 13.0 Å². The molecule has 0 saturated carbocycles. The number of rotatable bonds is 6. The van der Waals surface area contributed by atoms with Gasteiger partial charge in [0.25, 0.3) is 0 Å². The number of hydrogen-bond donors (Lipinski definition) is 1. The van der Waals surface area contributed by atoms with Gasteiger partial charge in [-0.15, -0.1) is 0 Å². The molecule has 0 aliphatic rings. The van der Waals surface area contributed by atoms with Crippen LogP contribution in [0.5, 0.6) is 5.75 Å². The number of aromatic carboxylic acids is 1. The molecule has 3 nitrogen and oxygen atoms in total. The lowest BCUT2D eigenvalue weighted by molar-refractivity contribution is 0.0691. The van der Waals surface area contributed by atoms with Gasteiger partial charge in [-0.25, -0.2) is 4.79 Å². The quantitative estimate of drug-likeness (QED) is 0.328. The third-order valence-corrected chi connectivity index (χ3v) is 5.81. The summed E-state index contributed by atoms with van der Waals surface area (Å²) in [6.07, 6.45) is 0.700. The van der Waals surface area contributed by atoms with Crippen LogP contribution in [0.4, 0.5) is 0 Å². The highest BCUT2D eigenvalue weighted by atomic mass is 16.5. The van der Waals surface area contributed by atoms with Gasteiger partial charge in [0.15, 0.2) is 0 Å². The largest absolute Gasteiger partial charge is 0.488 e. The van der Waals surface area contributed by atoms with E-state index >= 15 is 0 Å². The van der Waals surface area contributed by atoms with E-state index in [0.29, 0.717) is 18.8 Å². The van der Waals surface area contributed by atoms with Crippen molar-refractivity contribution in [1.82, 2.24) is 0 Å². The molecule has 5 aromatic rings. The molecule has 0 aliphatic heterocycles. The van der Waals surface area contributed by atoms with Crippen molar-refractivity contribution >= 4 is 27.5 Å². The third kappa shape index (κ3) is 3.93. The van der Waals surface area contributed by atoms with E-state index < -0.39 is 5.97 Å². The summed E-state index contributed by atoms with van der Waals surface area (Å²) < 4.78 is 6.08. The molecule has 0 radical (unpaired) electrons. The average Bonchev–Trinajstić information content (AvgIpc) is 2.83. The van der Waals surface area contributed by atoms with Gasteiger partial charge in [0, 0.05) is 0 Å². The first-order chi connectivity index (χ1) is 15.7. The van der Waals surface area contributed by atoms with Crippen LogP contribution in [0.1, 0.15) is 27.0 Å². The lowest BCUT2D eigenvalue weighted by atomic mass is 9.97. The SMILES string of the molecule is O=C(O)c1ccc(Cc2cccc3ccccc23)cc1OCc1cccc2ccccc12. The zero-order valence-corrected chi connectivity index (χ0v) is 17.5. The van der Waals surface area contributed by atoms with E-state index in [2.05, 4.69) is 48.5 Å². The molecular weight excluding hydrogens is 396 g/mol. The van der Waals surface area contributed by atoms with Crippen molar-refractivity contribution < 1.29 is 14.6 Å². The third-order valence-electron chi connectivity index (χ3n) is 5.81. The Kier molecular flexibility index (Phi) is 5.30. The van der Waals surface area contributed by atoms with Crippen LogP contribution in [0.2, 0.25) is 0 Å². The zero-order chi connectivity index (χ0) is 21.9. The highest BCUT2D eigenvalue weighted by Crippen LogP contribution is 2.27. The van der Waals surface area contributed by atoms with E-state index in [1.807, 2.05) is 48.5 Å². The van der Waals surface area contributed by atoms with Gasteiger partial charge in [0.05, 0.1) is 0 Å². The van der Waals surface area contributed by atoms with E-state index in [9.17, 15) is 9.90 Å². The Morgan fingerprint density at radius 1 is 0.688 bits per heavy atom. The molecule has 0 bridgehead atoms. The molecule has 5 rings (SSSR count). The van der Waals surface area contributed by atoms with Crippen LogP contribution in [-0.2, 0) is 13.0 Å². The van der Waals surface area contributed by atoms with Crippen LogP contribution >= 0.6 is 0 Å². The summed E-state index contributed by atoms with van der Waals surface area (Å²) in [7, 11) is 0. The number of carboxylic acids is 1. The Hall–Kier alpha value is -4.11. The fourth-order valence-electron chi connectivity index (χ4n) is 4.21. The summed E-state index contributed by atoms with van der Waals surface area (Å²) in [6.45, 7) is 0.305. The highest BCUT2D eigenvalue weighted by molar-refractivity contribution is 5.91. The van der Waals surface area contributed by atoms with Crippen LogP contribution in [0, 0.1) is 0 Å². The summed E-state index contributed by atoms with van der Waals surface area (Å²) in [5.41, 5.74) is 3.41. The van der Waals surface area contributed by atoms with Crippen molar-refractivity contribution in [3.8, 4) is 5.75 Å². The van der Waals surface area contributed by atoms with Crippen molar-refractivity contribution in [1.29, 1.82) is 0 Å². The topological polar surface area (TPSA) is 46.5 Å². The Labute approximate surface area is 186 Å². The van der Waals surface area contributed by atoms with Gasteiger partial charge in [-0.05, 0) is 56.8 Å². The molecule has 0 aliphatic carbocycles. The second-order valence-electron chi connectivity index (χ2n) is 7.88. The Morgan fingerprint density at radius 2 is 1.28 bits per heavy atom. The number of ether oxygens (including phenoxy) is 1. The molecule has 0 aromatic heterocycles. The monoisotopic (exact) mass is 418 g/mol. The normalized spacial score (nSPS) is 11.0. The zero-order valence-electron chi connectivity index (χ0n) is 17.5. The molecule has 0 atom stereocenters. The van der Waals surface area contributed by atoms with Crippen LogP contribution < -0.4 is 4.74 Å². The van der Waals surface area contributed by atoms with Gasteiger partial charge in [0.1, 0.15) is 17.9 Å². The second-order valence-corrected chi connectivity index (χ2v) is 7.88. The smallest absolute Gasteiger partial charge is 0.339 e. The van der Waals surface area contributed by atoms with Crippen LogP contribution in [0.15, 0.2) is 103 Å². The van der Waals surface area contributed by atoms with Gasteiger partial charge in [0.2, 0.25) is 0 Å². The fourth-order valence-corrected chi connectivity index (χ4v) is 4.21. The number of carbonyl (C=O) groups is 1. The maximum Gasteiger partial charge on any atom is 0.339 e. The minimum absolute atomic E-state index is 0.173. The Bertz CT molecular complexity index is 1420. The second kappa shape index (κ2) is 8.56. The molecular formula is C29H22O3. The van der Waals surface area contributed by atoms with Crippen molar-refractivity contribution in [3.05, 3.63) is 125 Å². The van der Waals surface area contributed by atoms with Gasteiger partial charge in [-0.2, -0.15) is 0 Å². The number of hydrogen-bond acceptors (Lipinski definition) is 2. The minimum Gasteiger partial charge on any atom is -0.488 e. The Balaban J connectivity index is 1.46. The summed E-state index contributed by atoms with van der Waals surface area (Å²) >= 11 is 0. The molecule has 0 amide bonds. The maximum atomic E-state index is 11.8. The summed E-state index contributed by atoms with van der Waals surface area (Å²) in [5, 5.41) is 14.3. The molecule has 5 aromatic carbocycles. The molecule has 32 heavy (non-hydrogen) atoms. The molecule has 0 unspecified atom stereocenters. The average molecular weight is 418 g/mol. The van der Waals surface area contributed by atoms with Gasteiger partial charge in [-0.1, -0.05) is 91.0 Å². The molecule has 3 heteroatoms. The molecule has 0 saturated heterocycles. The Morgan fingerprint density at radius 3 is 1.97 bits per heavy atom. The summed E-state index contributed by atoms with van der Waals surface area (Å²) in [4.78, 5) is 11.8. The van der Waals surface area contributed by atoms with E-state index in [1.165, 1.54) is 16.3 Å². The van der Waals surface area contributed by atoms with Gasteiger partial charge in [-0.3, -0.25) is 0 Å². The van der Waals surface area contributed by atoms with E-state index in [4.69, 9.17) is 4.74 Å². The van der Waals surface area contributed by atoms with Crippen LogP contribution in [-0.4, -0.2) is 11.1 Å². The van der Waals surface area contributed by atoms with Crippen molar-refractivity contribution in [2.75, 3.05) is 0 Å². The van der Waals surface area contributed by atoms with Crippen molar-refractivity contribution in [2.24, 2.45) is 0 Å². The first-order valence-electron chi connectivity index (χ1n) is 10.6. The molecule has 156 valence electrons. The highest BCUT2D eigenvalue weighted by Gasteiger charge is 2.14. The first-order valence-corrected chi connectivity index (χ1v) is 10.6. The predicted octanol–water partition coefficient (Wildman–Crippen LogP) is 6.86. The maximum absolute atomic E-state index is 11.8. The molecule has 0 spiro atoms. The van der Waals surface area contributed by atoms with Gasteiger partial charge >= 0.3 is 5.97 Å². The van der Waals surface area contributed by atoms with E-state index in [-0.39, 0.29) is 5.56 Å². The molecule has 0 heterocycles. The van der Waals surface area contributed by atoms with Gasteiger partial charge < -0.3 is 9.84 Å². The van der Waals surface area contributed by atoms with Crippen LogP contribution in [0.3, 0.4) is 0 Å². The molecule has 0 fully saturated rings. The lowest BCUT2D eigenvalue weighted by Crippen LogP contribution is -2.05. The van der Waals surface area contributed by atoms with Crippen molar-refractivity contribution in [3.63, 3.8) is 0 Å². The lowest BCUT2D eigenvalue weighted by Gasteiger charge is -2.13. The summed E-state index contributed by atoms with van der Waals surface area (Å²) in [6, 6.07) is 34.1. The summed E-state index contributed by atoms with van der Waals surface area (Å²) in [5.74, 6) is -0.599. The van der Waals surface area contributed by atoms with E-state index in [1.54, 1.807) is 6.07 Å². The standard InChI is InChI=1S/C29H22O3/c30-29(31)27-16-15-20(17-23-11-5-9-21-7-1-3-13-25(21)23)18-28(27)32-19-24-12-6-10-22-8-2-4-14-26(22)24/h1-16,18H,17,19H2,(H,30,31). The number of carboxylic acid groups (broad SMARTS) is 1. The number of benzene rings is 5. The van der Waals surface area contributed by atoms with Crippen LogP contribution in [0.25, 0.3) is 21.5 Å². The minimum atomic E-state index is -0.991. The fraction of sp³-hybridized carbons (Fsp3) is 0.0690. The van der Waals surface area contributed by atoms with E-state index in [0.717, 1.165) is 21.9 Å². The number of fused-ring (bicyclic) bond motifs is 2. The molecule has 1 N–H and O–H groups in total.